The van der Waals surface area contributed by atoms with E-state index in [1.54, 1.807) is 0 Å². The summed E-state index contributed by atoms with van der Waals surface area (Å²) in [6.45, 7) is -1.45. The van der Waals surface area contributed by atoms with Gasteiger partial charge in [0, 0.05) is 0 Å². The van der Waals surface area contributed by atoms with Gasteiger partial charge in [0.2, 0.25) is 0 Å². The summed E-state index contributed by atoms with van der Waals surface area (Å²) in [4.78, 5) is 10.6. The van der Waals surface area contributed by atoms with Crippen LogP contribution < -0.4 is 4.74 Å². The minimum Gasteiger partial charge on any atom is -0.490 e. The molecule has 0 spiro atoms. The highest BCUT2D eigenvalue weighted by Gasteiger charge is 2.40. The van der Waals surface area contributed by atoms with Crippen LogP contribution in [0.15, 0.2) is 18.2 Å². The molecule has 21 heavy (non-hydrogen) atoms. The van der Waals surface area contributed by atoms with Crippen molar-refractivity contribution in [3.8, 4) is 5.75 Å². The predicted octanol–water partition coefficient (Wildman–Crippen LogP) is 2.71. The molecule has 0 aliphatic rings. The highest BCUT2D eigenvalue weighted by Crippen LogP contribution is 2.37. The number of hydrogen-bond acceptors (Lipinski definition) is 3. The molecule has 0 radical (unpaired) electrons. The molecule has 0 aliphatic heterocycles. The highest BCUT2D eigenvalue weighted by molar-refractivity contribution is 5.88. The molecule has 10 heteroatoms. The number of carbonyl (C=O) groups is 1. The van der Waals surface area contributed by atoms with E-state index < -0.39 is 47.9 Å². The zero-order valence-corrected chi connectivity index (χ0v) is 10.00. The number of benzene rings is 1. The molecule has 1 unspecified atom stereocenters. The Bertz CT molecular complexity index is 522. The van der Waals surface area contributed by atoms with Gasteiger partial charge in [-0.2, -0.15) is 26.3 Å². The van der Waals surface area contributed by atoms with E-state index in [9.17, 15) is 31.1 Å². The fourth-order valence-corrected chi connectivity index (χ4v) is 1.27. The number of aromatic carboxylic acids is 1. The number of rotatable bonds is 4. The molecule has 1 aromatic rings. The summed E-state index contributed by atoms with van der Waals surface area (Å²) in [6.07, 6.45) is -13.0. The lowest BCUT2D eigenvalue weighted by atomic mass is 10.1. The quantitative estimate of drug-likeness (QED) is 0.838. The molecular formula is C11H8F6O4. The van der Waals surface area contributed by atoms with Gasteiger partial charge in [0.25, 0.3) is 0 Å². The van der Waals surface area contributed by atoms with Crippen molar-refractivity contribution < 1.29 is 46.1 Å². The lowest BCUT2D eigenvalue weighted by molar-refractivity contribution is -0.211. The van der Waals surface area contributed by atoms with Crippen LogP contribution in [0.4, 0.5) is 26.3 Å². The fraction of sp³-hybridized carbons (Fsp3) is 0.364. The van der Waals surface area contributed by atoms with Crippen LogP contribution in [0.1, 0.15) is 15.9 Å². The normalized spacial score (nSPS) is 13.9. The van der Waals surface area contributed by atoms with Crippen LogP contribution >= 0.6 is 0 Å². The van der Waals surface area contributed by atoms with Crippen LogP contribution in [-0.2, 0) is 6.18 Å². The zero-order chi connectivity index (χ0) is 16.4. The number of aliphatic hydroxyl groups excluding tert-OH is 1. The molecule has 0 fully saturated rings. The Labute approximate surface area is 113 Å². The second kappa shape index (κ2) is 5.80. The van der Waals surface area contributed by atoms with Crippen LogP contribution in [0, 0.1) is 0 Å². The molecule has 1 atom stereocenters. The van der Waals surface area contributed by atoms with Gasteiger partial charge in [0.05, 0.1) is 11.1 Å². The minimum atomic E-state index is -5.04. The number of halogens is 6. The van der Waals surface area contributed by atoms with E-state index in [1.165, 1.54) is 0 Å². The third-order valence-electron chi connectivity index (χ3n) is 2.31. The fourth-order valence-electron chi connectivity index (χ4n) is 1.27. The summed E-state index contributed by atoms with van der Waals surface area (Å²) >= 11 is 0. The van der Waals surface area contributed by atoms with Gasteiger partial charge in [-0.1, -0.05) is 0 Å². The van der Waals surface area contributed by atoms with E-state index in [4.69, 9.17) is 10.2 Å². The van der Waals surface area contributed by atoms with E-state index in [1.807, 2.05) is 0 Å². The lowest BCUT2D eigenvalue weighted by Crippen LogP contribution is -2.34. The van der Waals surface area contributed by atoms with Crippen molar-refractivity contribution in [1.29, 1.82) is 0 Å². The highest BCUT2D eigenvalue weighted by atomic mass is 19.4. The molecular weight excluding hydrogens is 310 g/mol. The average molecular weight is 318 g/mol. The van der Waals surface area contributed by atoms with Gasteiger partial charge < -0.3 is 14.9 Å². The minimum absolute atomic E-state index is 0.234. The van der Waals surface area contributed by atoms with E-state index in [2.05, 4.69) is 4.74 Å². The van der Waals surface area contributed by atoms with Crippen molar-refractivity contribution in [2.24, 2.45) is 0 Å². The van der Waals surface area contributed by atoms with E-state index in [0.29, 0.717) is 6.07 Å². The monoisotopic (exact) mass is 318 g/mol. The van der Waals surface area contributed by atoms with Gasteiger partial charge in [-0.15, -0.1) is 0 Å². The summed E-state index contributed by atoms with van der Waals surface area (Å²) < 4.78 is 78.5. The molecule has 4 nitrogen and oxygen atoms in total. The zero-order valence-electron chi connectivity index (χ0n) is 10.00. The standard InChI is InChI=1S/C11H8F6O4/c12-10(13,14)6-3-5(9(19)20)1-2-7(6)21-4-8(18)11(15,16)17/h1-3,8,18H,4H2,(H,19,20). The van der Waals surface area contributed by atoms with Crippen molar-refractivity contribution >= 4 is 5.97 Å². The summed E-state index contributed by atoms with van der Waals surface area (Å²) in [5.74, 6) is -2.64. The van der Waals surface area contributed by atoms with E-state index in [0.717, 1.165) is 6.07 Å². The first-order valence-electron chi connectivity index (χ1n) is 5.25. The van der Waals surface area contributed by atoms with Crippen molar-refractivity contribution in [2.45, 2.75) is 18.5 Å². The molecule has 118 valence electrons. The Morgan fingerprint density at radius 3 is 2.19 bits per heavy atom. The second-order valence-electron chi connectivity index (χ2n) is 3.88. The van der Waals surface area contributed by atoms with Gasteiger partial charge in [0.15, 0.2) is 6.10 Å². The van der Waals surface area contributed by atoms with Crippen molar-refractivity contribution in [1.82, 2.24) is 0 Å². The maximum atomic E-state index is 12.7. The molecule has 2 N–H and O–H groups in total. The molecule has 0 bridgehead atoms. The molecule has 0 amide bonds. The number of alkyl halides is 6. The third kappa shape index (κ3) is 4.52. The van der Waals surface area contributed by atoms with Gasteiger partial charge in [-0.3, -0.25) is 0 Å². The number of aliphatic hydroxyl groups is 1. The number of carboxylic acids is 1. The van der Waals surface area contributed by atoms with Crippen LogP contribution in [0.5, 0.6) is 5.75 Å². The SMILES string of the molecule is O=C(O)c1ccc(OCC(O)C(F)(F)F)c(C(F)(F)F)c1. The Morgan fingerprint density at radius 1 is 1.19 bits per heavy atom. The Balaban J connectivity index is 3.04. The molecule has 1 aromatic carbocycles. The van der Waals surface area contributed by atoms with Gasteiger partial charge >= 0.3 is 18.3 Å². The molecule has 0 heterocycles. The molecule has 1 rings (SSSR count). The average Bonchev–Trinajstić information content (AvgIpc) is 2.33. The first-order valence-corrected chi connectivity index (χ1v) is 5.25. The summed E-state index contributed by atoms with van der Waals surface area (Å²) in [5, 5.41) is 17.3. The number of carboxylic acid groups (broad SMARTS) is 1. The van der Waals surface area contributed by atoms with Crippen LogP contribution in [0.25, 0.3) is 0 Å². The van der Waals surface area contributed by atoms with E-state index in [-0.39, 0.29) is 6.07 Å². The molecule has 0 saturated heterocycles. The van der Waals surface area contributed by atoms with Crippen LogP contribution in [0.3, 0.4) is 0 Å². The summed E-state index contributed by atoms with van der Waals surface area (Å²) in [7, 11) is 0. The summed E-state index contributed by atoms with van der Waals surface area (Å²) in [5.41, 5.74) is -2.25. The summed E-state index contributed by atoms with van der Waals surface area (Å²) in [6, 6.07) is 1.56. The maximum Gasteiger partial charge on any atom is 0.419 e. The van der Waals surface area contributed by atoms with Crippen molar-refractivity contribution in [2.75, 3.05) is 6.61 Å². The third-order valence-corrected chi connectivity index (χ3v) is 2.31. The van der Waals surface area contributed by atoms with Crippen LogP contribution in [-0.4, -0.2) is 35.1 Å². The maximum absolute atomic E-state index is 12.7. The second-order valence-corrected chi connectivity index (χ2v) is 3.88. The Morgan fingerprint density at radius 2 is 1.76 bits per heavy atom. The first kappa shape index (κ1) is 17.1. The largest absolute Gasteiger partial charge is 0.490 e. The lowest BCUT2D eigenvalue weighted by Gasteiger charge is -2.18. The first-order chi connectivity index (χ1) is 9.43. The Kier molecular flexibility index (Phi) is 4.72. The molecule has 0 saturated carbocycles. The van der Waals surface area contributed by atoms with E-state index >= 15 is 0 Å². The number of hydrogen-bond donors (Lipinski definition) is 2. The van der Waals surface area contributed by atoms with Gasteiger partial charge in [-0.05, 0) is 18.2 Å². The van der Waals surface area contributed by atoms with Gasteiger partial charge in [0.1, 0.15) is 12.4 Å². The molecule has 0 aliphatic carbocycles. The van der Waals surface area contributed by atoms with Gasteiger partial charge in [-0.25, -0.2) is 4.79 Å². The smallest absolute Gasteiger partial charge is 0.419 e. The Hall–Kier alpha value is -1.97. The van der Waals surface area contributed by atoms with Crippen molar-refractivity contribution in [3.05, 3.63) is 29.3 Å². The molecule has 0 aromatic heterocycles. The van der Waals surface area contributed by atoms with Crippen molar-refractivity contribution in [3.63, 3.8) is 0 Å². The predicted molar refractivity (Wildman–Crippen MR) is 56.0 cm³/mol. The number of ether oxygens (including phenoxy) is 1. The topological polar surface area (TPSA) is 66.8 Å². The van der Waals surface area contributed by atoms with Crippen LogP contribution in [0.2, 0.25) is 0 Å².